The van der Waals surface area contributed by atoms with Crippen LogP contribution in [0.15, 0.2) is 18.9 Å². The van der Waals surface area contributed by atoms with Gasteiger partial charge < -0.3 is 9.88 Å². The molecule has 0 spiro atoms. The van der Waals surface area contributed by atoms with Gasteiger partial charge in [-0.05, 0) is 13.0 Å². The molecule has 2 aromatic rings. The third-order valence-electron chi connectivity index (χ3n) is 2.91. The summed E-state index contributed by atoms with van der Waals surface area (Å²) in [6.45, 7) is 3.13. The molecule has 0 aliphatic heterocycles. The van der Waals surface area contributed by atoms with Crippen LogP contribution in [0.4, 0.5) is 0 Å². The highest BCUT2D eigenvalue weighted by atomic mass is 15.3. The zero-order valence-electron chi connectivity index (χ0n) is 11.2. The molecule has 0 radical (unpaired) electrons. The van der Waals surface area contributed by atoms with Gasteiger partial charge in [0.15, 0.2) is 0 Å². The van der Waals surface area contributed by atoms with Gasteiger partial charge in [0.1, 0.15) is 12.2 Å². The van der Waals surface area contributed by atoms with Gasteiger partial charge in [-0.15, -0.1) is 0 Å². The van der Waals surface area contributed by atoms with Crippen molar-refractivity contribution in [1.82, 2.24) is 29.6 Å². The third kappa shape index (κ3) is 2.95. The maximum atomic E-state index is 4.42. The third-order valence-corrected chi connectivity index (χ3v) is 2.91. The molecule has 0 saturated heterocycles. The molecule has 0 amide bonds. The molecule has 0 saturated carbocycles. The maximum absolute atomic E-state index is 4.42. The minimum absolute atomic E-state index is 0.189. The van der Waals surface area contributed by atoms with Crippen molar-refractivity contribution in [2.24, 2.45) is 14.1 Å². The monoisotopic (exact) mass is 248 g/mol. The lowest BCUT2D eigenvalue weighted by atomic mass is 10.1. The van der Waals surface area contributed by atoms with Crippen molar-refractivity contribution in [1.29, 1.82) is 0 Å². The molecular weight excluding hydrogens is 228 g/mol. The molecule has 0 aliphatic carbocycles. The van der Waals surface area contributed by atoms with Crippen LogP contribution in [0.1, 0.15) is 30.9 Å². The minimum Gasteiger partial charge on any atom is -0.340 e. The highest BCUT2D eigenvalue weighted by Gasteiger charge is 2.16. The number of aromatic nitrogens is 5. The van der Waals surface area contributed by atoms with Crippen LogP contribution >= 0.6 is 0 Å². The number of aryl methyl sites for hydroxylation is 2. The smallest absolute Gasteiger partial charge is 0.138 e. The normalized spacial score (nSPS) is 12.8. The number of hydrogen-bond acceptors (Lipinski definition) is 4. The van der Waals surface area contributed by atoms with Crippen LogP contribution in [0.2, 0.25) is 0 Å². The van der Waals surface area contributed by atoms with Crippen LogP contribution in [0, 0.1) is 0 Å². The Bertz CT molecular complexity index is 486. The van der Waals surface area contributed by atoms with Gasteiger partial charge in [0.25, 0.3) is 0 Å². The summed E-state index contributed by atoms with van der Waals surface area (Å²) in [5.41, 5.74) is 1.05. The molecule has 2 heterocycles. The zero-order chi connectivity index (χ0) is 13.0. The quantitative estimate of drug-likeness (QED) is 0.822. The van der Waals surface area contributed by atoms with Crippen molar-refractivity contribution in [2.75, 3.05) is 6.54 Å². The predicted molar refractivity (Wildman–Crippen MR) is 68.9 cm³/mol. The molecule has 98 valence electrons. The van der Waals surface area contributed by atoms with Crippen molar-refractivity contribution in [2.45, 2.75) is 25.8 Å². The van der Waals surface area contributed by atoms with E-state index < -0.39 is 0 Å². The Morgan fingerprint density at radius 1 is 1.33 bits per heavy atom. The summed E-state index contributed by atoms with van der Waals surface area (Å²) >= 11 is 0. The Morgan fingerprint density at radius 3 is 2.72 bits per heavy atom. The summed E-state index contributed by atoms with van der Waals surface area (Å²) in [4.78, 5) is 8.70. The molecule has 0 aliphatic rings. The SMILES string of the molecule is CCCNC(Cc1ncnn1C)c1cn(C)cn1. The first kappa shape index (κ1) is 12.8. The Morgan fingerprint density at radius 2 is 2.17 bits per heavy atom. The Labute approximate surface area is 107 Å². The summed E-state index contributed by atoms with van der Waals surface area (Å²) in [5.74, 6) is 0.967. The Kier molecular flexibility index (Phi) is 4.09. The van der Waals surface area contributed by atoms with Gasteiger partial charge in [0, 0.05) is 26.7 Å². The van der Waals surface area contributed by atoms with Gasteiger partial charge in [-0.2, -0.15) is 5.10 Å². The zero-order valence-corrected chi connectivity index (χ0v) is 11.2. The molecule has 1 unspecified atom stereocenters. The van der Waals surface area contributed by atoms with Crippen LogP contribution in [0.5, 0.6) is 0 Å². The predicted octanol–water partition coefficient (Wildman–Crippen LogP) is 0.832. The van der Waals surface area contributed by atoms with Gasteiger partial charge in [-0.25, -0.2) is 9.97 Å². The molecule has 18 heavy (non-hydrogen) atoms. The van der Waals surface area contributed by atoms with Gasteiger partial charge in [-0.3, -0.25) is 4.68 Å². The van der Waals surface area contributed by atoms with E-state index >= 15 is 0 Å². The van der Waals surface area contributed by atoms with Crippen LogP contribution in [0.25, 0.3) is 0 Å². The molecule has 0 aromatic carbocycles. The molecule has 1 N–H and O–H groups in total. The first-order chi connectivity index (χ1) is 8.70. The average molecular weight is 248 g/mol. The van der Waals surface area contributed by atoms with Gasteiger partial charge in [-0.1, -0.05) is 6.92 Å². The Hall–Kier alpha value is -1.69. The highest BCUT2D eigenvalue weighted by Crippen LogP contribution is 2.15. The van der Waals surface area contributed by atoms with Gasteiger partial charge >= 0.3 is 0 Å². The lowest BCUT2D eigenvalue weighted by Gasteiger charge is -2.15. The minimum atomic E-state index is 0.189. The summed E-state index contributed by atoms with van der Waals surface area (Å²) < 4.78 is 3.77. The molecule has 0 bridgehead atoms. The van der Waals surface area contributed by atoms with Gasteiger partial charge in [0.05, 0.1) is 18.1 Å². The fourth-order valence-electron chi connectivity index (χ4n) is 1.90. The van der Waals surface area contributed by atoms with Crippen LogP contribution in [0.3, 0.4) is 0 Å². The van der Waals surface area contributed by atoms with Crippen molar-refractivity contribution in [3.8, 4) is 0 Å². The van der Waals surface area contributed by atoms with Crippen molar-refractivity contribution >= 4 is 0 Å². The second-order valence-electron chi connectivity index (χ2n) is 4.47. The summed E-state index contributed by atoms with van der Waals surface area (Å²) in [5, 5.41) is 7.61. The number of hydrogen-bond donors (Lipinski definition) is 1. The number of nitrogens with one attached hydrogen (secondary N) is 1. The molecule has 6 nitrogen and oxygen atoms in total. The van der Waals surface area contributed by atoms with E-state index in [0.717, 1.165) is 30.9 Å². The summed E-state index contributed by atoms with van der Waals surface area (Å²) in [6, 6.07) is 0.189. The first-order valence-electron chi connectivity index (χ1n) is 6.24. The number of imidazole rings is 1. The fourth-order valence-corrected chi connectivity index (χ4v) is 1.90. The topological polar surface area (TPSA) is 60.6 Å². The lowest BCUT2D eigenvalue weighted by Crippen LogP contribution is -2.25. The standard InChI is InChI=1S/C12H20N6/c1-4-5-13-10(11-7-17(2)9-15-11)6-12-14-8-16-18(12)3/h7-10,13H,4-6H2,1-3H3. The first-order valence-corrected chi connectivity index (χ1v) is 6.24. The molecule has 2 aromatic heterocycles. The number of rotatable bonds is 6. The number of nitrogens with zero attached hydrogens (tertiary/aromatic N) is 5. The second kappa shape index (κ2) is 5.77. The largest absolute Gasteiger partial charge is 0.340 e. The summed E-state index contributed by atoms with van der Waals surface area (Å²) in [6.07, 6.45) is 7.36. The van der Waals surface area contributed by atoms with Crippen LogP contribution in [-0.2, 0) is 20.5 Å². The van der Waals surface area contributed by atoms with Crippen molar-refractivity contribution in [3.05, 3.63) is 30.4 Å². The molecule has 0 fully saturated rings. The second-order valence-corrected chi connectivity index (χ2v) is 4.47. The van der Waals surface area contributed by atoms with E-state index in [9.17, 15) is 0 Å². The lowest BCUT2D eigenvalue weighted by molar-refractivity contribution is 0.498. The van der Waals surface area contributed by atoms with Crippen LogP contribution in [-0.4, -0.2) is 30.9 Å². The van der Waals surface area contributed by atoms with Crippen molar-refractivity contribution < 1.29 is 0 Å². The Balaban J connectivity index is 2.12. The van der Waals surface area contributed by atoms with E-state index in [1.165, 1.54) is 0 Å². The van der Waals surface area contributed by atoms with E-state index in [0.29, 0.717) is 0 Å². The fraction of sp³-hybridized carbons (Fsp3) is 0.583. The average Bonchev–Trinajstić information content (AvgIpc) is 2.94. The van der Waals surface area contributed by atoms with Gasteiger partial charge in [0.2, 0.25) is 0 Å². The molecule has 6 heteroatoms. The van der Waals surface area contributed by atoms with Crippen molar-refractivity contribution in [3.63, 3.8) is 0 Å². The van der Waals surface area contributed by atoms with E-state index in [4.69, 9.17) is 0 Å². The molecule has 2 rings (SSSR count). The van der Waals surface area contributed by atoms with E-state index in [2.05, 4.69) is 27.3 Å². The molecular formula is C12H20N6. The maximum Gasteiger partial charge on any atom is 0.138 e. The van der Waals surface area contributed by atoms with E-state index in [-0.39, 0.29) is 6.04 Å². The summed E-state index contributed by atoms with van der Waals surface area (Å²) in [7, 11) is 3.90. The van der Waals surface area contributed by atoms with E-state index in [1.807, 2.05) is 35.9 Å². The molecule has 1 atom stereocenters. The van der Waals surface area contributed by atoms with E-state index in [1.54, 1.807) is 6.33 Å². The highest BCUT2D eigenvalue weighted by molar-refractivity contribution is 5.07. The van der Waals surface area contributed by atoms with Crippen LogP contribution < -0.4 is 5.32 Å².